The van der Waals surface area contributed by atoms with Crippen LogP contribution in [0.1, 0.15) is 47.3 Å². The van der Waals surface area contributed by atoms with Crippen molar-refractivity contribution >= 4 is 17.2 Å². The highest BCUT2D eigenvalue weighted by Gasteiger charge is 2.29. The van der Waals surface area contributed by atoms with Gasteiger partial charge in [0.05, 0.1) is 37.3 Å². The topological polar surface area (TPSA) is 66.8 Å². The minimum atomic E-state index is -0.335. The van der Waals surface area contributed by atoms with Gasteiger partial charge in [0.25, 0.3) is 0 Å². The third kappa shape index (κ3) is 3.73. The molecule has 1 aliphatic heterocycles. The molecule has 134 valence electrons. The lowest BCUT2D eigenvalue weighted by Crippen LogP contribution is -2.30. The molecule has 0 saturated heterocycles. The Labute approximate surface area is 158 Å². The predicted molar refractivity (Wildman–Crippen MR) is 104 cm³/mol. The zero-order chi connectivity index (χ0) is 19.6. The minimum absolute atomic E-state index is 0.0675. The summed E-state index contributed by atoms with van der Waals surface area (Å²) in [6.45, 7) is 11.4. The fourth-order valence-electron chi connectivity index (χ4n) is 3.33. The van der Waals surface area contributed by atoms with Crippen LogP contribution in [0.2, 0.25) is 0 Å². The molecule has 5 heteroatoms. The van der Waals surface area contributed by atoms with Crippen LogP contribution in [-0.4, -0.2) is 24.1 Å². The van der Waals surface area contributed by atoms with E-state index >= 15 is 0 Å². The first-order valence-corrected chi connectivity index (χ1v) is 8.57. The number of hydrogen-bond donors (Lipinski definition) is 0. The molecule has 0 fully saturated rings. The summed E-state index contributed by atoms with van der Waals surface area (Å²) < 4.78 is 5.33. The Kier molecular flexibility index (Phi) is 4.79. The molecule has 0 N–H and O–H groups in total. The smallest absolute Gasteiger partial charge is 0.228 e. The van der Waals surface area contributed by atoms with Gasteiger partial charge in [0.1, 0.15) is 5.75 Å². The average molecular weight is 357 g/mol. The Balaban J connectivity index is 1.99. The van der Waals surface area contributed by atoms with Crippen LogP contribution >= 0.6 is 0 Å². The molecule has 2 aromatic carbocycles. The lowest BCUT2D eigenvalue weighted by molar-refractivity contribution is 0.100. The largest absolute Gasteiger partial charge is 0.508 e. The molecular formula is C22H19N3O2. The van der Waals surface area contributed by atoms with E-state index in [9.17, 15) is 4.79 Å². The number of carbonyl (C=O) groups excluding carboxylic acids is 1. The Morgan fingerprint density at radius 1 is 1.33 bits per heavy atom. The monoisotopic (exact) mass is 357 g/mol. The van der Waals surface area contributed by atoms with E-state index in [2.05, 4.69) is 4.85 Å². The van der Waals surface area contributed by atoms with Crippen LogP contribution in [0.3, 0.4) is 0 Å². The van der Waals surface area contributed by atoms with Crippen LogP contribution in [0.5, 0.6) is 5.75 Å². The number of rotatable bonds is 4. The van der Waals surface area contributed by atoms with Crippen molar-refractivity contribution in [2.24, 2.45) is 4.99 Å². The van der Waals surface area contributed by atoms with Gasteiger partial charge in [-0.25, -0.2) is 4.85 Å². The van der Waals surface area contributed by atoms with Crippen LogP contribution in [0.4, 0.5) is 5.69 Å². The highest BCUT2D eigenvalue weighted by atomic mass is 16.5. The Hall–Kier alpha value is -3.44. The molecule has 0 bridgehead atoms. The van der Waals surface area contributed by atoms with E-state index in [1.165, 1.54) is 0 Å². The normalized spacial score (nSPS) is 14.3. The van der Waals surface area contributed by atoms with Crippen molar-refractivity contribution < 1.29 is 9.53 Å². The Morgan fingerprint density at radius 2 is 2.04 bits per heavy atom. The van der Waals surface area contributed by atoms with Crippen LogP contribution in [-0.2, 0) is 6.42 Å². The molecule has 27 heavy (non-hydrogen) atoms. The highest BCUT2D eigenvalue weighted by Crippen LogP contribution is 2.37. The van der Waals surface area contributed by atoms with E-state index in [1.807, 2.05) is 26.0 Å². The summed E-state index contributed by atoms with van der Waals surface area (Å²) in [7, 11) is 1.55. The molecular weight excluding hydrogens is 338 g/mol. The molecule has 2 aromatic rings. The maximum absolute atomic E-state index is 12.8. The molecule has 0 aliphatic carbocycles. The van der Waals surface area contributed by atoms with Gasteiger partial charge in [-0.15, -0.1) is 0 Å². The molecule has 0 amide bonds. The predicted octanol–water partition coefficient (Wildman–Crippen LogP) is 4.51. The van der Waals surface area contributed by atoms with Crippen LogP contribution in [0, 0.1) is 17.9 Å². The lowest BCUT2D eigenvalue weighted by Gasteiger charge is -2.29. The molecule has 0 unspecified atom stereocenters. The Bertz CT molecular complexity index is 1020. The summed E-state index contributed by atoms with van der Waals surface area (Å²) in [5, 5.41) is 8.90. The summed E-state index contributed by atoms with van der Waals surface area (Å²) >= 11 is 0. The zero-order valence-corrected chi connectivity index (χ0v) is 15.5. The van der Waals surface area contributed by atoms with E-state index < -0.39 is 0 Å². The molecule has 0 aromatic heterocycles. The van der Waals surface area contributed by atoms with Gasteiger partial charge in [-0.05, 0) is 55.7 Å². The number of nitriles is 1. The van der Waals surface area contributed by atoms with Crippen molar-refractivity contribution in [1.29, 1.82) is 5.26 Å². The molecule has 0 radical (unpaired) electrons. The van der Waals surface area contributed by atoms with Crippen molar-refractivity contribution in [2.75, 3.05) is 7.11 Å². The Morgan fingerprint density at radius 3 is 2.63 bits per heavy atom. The maximum atomic E-state index is 12.8. The van der Waals surface area contributed by atoms with E-state index in [4.69, 9.17) is 21.6 Å². The average Bonchev–Trinajstić information content (AvgIpc) is 2.66. The summed E-state index contributed by atoms with van der Waals surface area (Å²) in [5.41, 5.74) is 3.68. The first kappa shape index (κ1) is 18.4. The van der Waals surface area contributed by atoms with E-state index in [-0.39, 0.29) is 17.7 Å². The molecule has 3 rings (SSSR count). The van der Waals surface area contributed by atoms with Crippen LogP contribution < -0.4 is 4.74 Å². The molecule has 0 atom stereocenters. The second-order valence-corrected chi connectivity index (χ2v) is 7.13. The number of benzene rings is 2. The standard InChI is InChI=1S/C22H19N3O2/c1-22(2)12-16-9-21(27-4)19(24-3)10-17(16)18(25-22)11-20(26)15-7-5-14(13-23)6-8-15/h5-10H,11-12H2,1-2,4H3. The van der Waals surface area contributed by atoms with Gasteiger partial charge < -0.3 is 4.74 Å². The molecule has 0 spiro atoms. The number of fused-ring (bicyclic) bond motifs is 1. The van der Waals surface area contributed by atoms with E-state index in [1.54, 1.807) is 37.4 Å². The summed E-state index contributed by atoms with van der Waals surface area (Å²) in [6.07, 6.45) is 0.859. The van der Waals surface area contributed by atoms with E-state index in [0.717, 1.165) is 11.1 Å². The van der Waals surface area contributed by atoms with Crippen LogP contribution in [0.25, 0.3) is 4.85 Å². The van der Waals surface area contributed by atoms with Crippen molar-refractivity contribution in [3.05, 3.63) is 70.1 Å². The van der Waals surface area contributed by atoms with Gasteiger partial charge in [-0.3, -0.25) is 9.79 Å². The summed E-state index contributed by atoms with van der Waals surface area (Å²) in [5.74, 6) is 0.473. The van der Waals surface area contributed by atoms with Crippen molar-refractivity contribution in [2.45, 2.75) is 32.2 Å². The second kappa shape index (κ2) is 7.05. The first-order chi connectivity index (χ1) is 12.9. The molecule has 1 heterocycles. The lowest BCUT2D eigenvalue weighted by atomic mass is 9.84. The van der Waals surface area contributed by atoms with Gasteiger partial charge in [0, 0.05) is 11.3 Å². The maximum Gasteiger partial charge on any atom is 0.228 e. The number of ketones is 1. The van der Waals surface area contributed by atoms with Crippen molar-refractivity contribution in [3.8, 4) is 11.8 Å². The number of Topliss-reactive ketones (excluding diaryl/α,β-unsaturated/α-hetero) is 1. The van der Waals surface area contributed by atoms with E-state index in [0.29, 0.717) is 34.7 Å². The fraction of sp³-hybridized carbons (Fsp3) is 0.273. The van der Waals surface area contributed by atoms with Crippen molar-refractivity contribution in [3.63, 3.8) is 0 Å². The zero-order valence-electron chi connectivity index (χ0n) is 15.5. The van der Waals surface area contributed by atoms with Crippen molar-refractivity contribution in [1.82, 2.24) is 0 Å². The quantitative estimate of drug-likeness (QED) is 0.597. The first-order valence-electron chi connectivity index (χ1n) is 8.57. The van der Waals surface area contributed by atoms with Gasteiger partial charge in [-0.1, -0.05) is 12.1 Å². The number of ether oxygens (including phenoxy) is 1. The minimum Gasteiger partial charge on any atom is -0.508 e. The number of aliphatic imine (C=N–C) groups is 1. The van der Waals surface area contributed by atoms with Gasteiger partial charge in [-0.2, -0.15) is 5.26 Å². The number of nitrogens with zero attached hydrogens (tertiary/aromatic N) is 3. The number of methoxy groups -OCH3 is 1. The number of hydrogen-bond acceptors (Lipinski definition) is 4. The summed E-state index contributed by atoms with van der Waals surface area (Å²) in [6, 6.07) is 12.3. The third-order valence-corrected chi connectivity index (χ3v) is 4.56. The highest BCUT2D eigenvalue weighted by molar-refractivity contribution is 6.17. The third-order valence-electron chi connectivity index (χ3n) is 4.56. The summed E-state index contributed by atoms with van der Waals surface area (Å²) in [4.78, 5) is 21.1. The molecule has 1 aliphatic rings. The van der Waals surface area contributed by atoms with Gasteiger partial charge >= 0.3 is 0 Å². The van der Waals surface area contributed by atoms with Crippen LogP contribution in [0.15, 0.2) is 41.4 Å². The van der Waals surface area contributed by atoms with Gasteiger partial charge in [0.2, 0.25) is 5.69 Å². The second-order valence-electron chi connectivity index (χ2n) is 7.13. The number of carbonyl (C=O) groups is 1. The molecule has 0 saturated carbocycles. The molecule has 5 nitrogen and oxygen atoms in total. The fourth-order valence-corrected chi connectivity index (χ4v) is 3.33. The SMILES string of the molecule is [C-]#[N+]c1cc2c(cc1OC)CC(C)(C)N=C2CC(=O)c1ccc(C#N)cc1. The van der Waals surface area contributed by atoms with Gasteiger partial charge in [0.15, 0.2) is 5.78 Å².